The zero-order valence-corrected chi connectivity index (χ0v) is 16.4. The van der Waals surface area contributed by atoms with E-state index in [1.54, 1.807) is 6.92 Å². The molecule has 0 aliphatic heterocycles. The number of amides is 1. The van der Waals surface area contributed by atoms with Crippen LogP contribution in [0.25, 0.3) is 0 Å². The van der Waals surface area contributed by atoms with E-state index >= 15 is 0 Å². The summed E-state index contributed by atoms with van der Waals surface area (Å²) in [5.41, 5.74) is -1.11. The van der Waals surface area contributed by atoms with Gasteiger partial charge in [-0.1, -0.05) is 13.8 Å². The predicted molar refractivity (Wildman–Crippen MR) is 95.1 cm³/mol. The highest BCUT2D eigenvalue weighted by Gasteiger charge is 2.57. The summed E-state index contributed by atoms with van der Waals surface area (Å²) in [4.78, 5) is 35.4. The molecule has 1 saturated carbocycles. The maximum Gasteiger partial charge on any atom is 0.407 e. The third-order valence-corrected chi connectivity index (χ3v) is 4.43. The SMILES string of the molecule is CCOC(=O)CC[C@@]1(C=O)C[C@@H]1[C@H](CC(C)C)NC(=O)OC(C)(C)C. The van der Waals surface area contributed by atoms with Gasteiger partial charge in [-0.2, -0.15) is 0 Å². The zero-order chi connectivity index (χ0) is 19.3. The number of ether oxygens (including phenoxy) is 2. The Labute approximate surface area is 151 Å². The molecule has 25 heavy (non-hydrogen) atoms. The van der Waals surface area contributed by atoms with E-state index in [9.17, 15) is 14.4 Å². The zero-order valence-electron chi connectivity index (χ0n) is 16.4. The number of carbonyl (C=O) groups excluding carboxylic acids is 3. The van der Waals surface area contributed by atoms with Crippen LogP contribution in [0.3, 0.4) is 0 Å². The van der Waals surface area contributed by atoms with Gasteiger partial charge in [-0.3, -0.25) is 4.79 Å². The second-order valence-corrected chi connectivity index (χ2v) is 8.35. The molecule has 1 fully saturated rings. The van der Waals surface area contributed by atoms with Crippen LogP contribution in [0.2, 0.25) is 0 Å². The van der Waals surface area contributed by atoms with Crippen LogP contribution in [0.4, 0.5) is 4.79 Å². The molecule has 0 unspecified atom stereocenters. The maximum absolute atomic E-state index is 12.1. The Morgan fingerprint density at radius 2 is 1.96 bits per heavy atom. The molecule has 0 bridgehead atoms. The van der Waals surface area contributed by atoms with Crippen molar-refractivity contribution < 1.29 is 23.9 Å². The highest BCUT2D eigenvalue weighted by Crippen LogP contribution is 2.57. The lowest BCUT2D eigenvalue weighted by Gasteiger charge is -2.26. The minimum Gasteiger partial charge on any atom is -0.466 e. The van der Waals surface area contributed by atoms with Crippen LogP contribution >= 0.6 is 0 Å². The molecular weight excluding hydrogens is 322 g/mol. The number of nitrogens with one attached hydrogen (secondary N) is 1. The first-order valence-electron chi connectivity index (χ1n) is 9.14. The largest absolute Gasteiger partial charge is 0.466 e. The topological polar surface area (TPSA) is 81.7 Å². The van der Waals surface area contributed by atoms with Crippen molar-refractivity contribution in [3.8, 4) is 0 Å². The van der Waals surface area contributed by atoms with Crippen LogP contribution < -0.4 is 5.32 Å². The molecule has 1 N–H and O–H groups in total. The molecule has 1 amide bonds. The maximum atomic E-state index is 12.1. The Morgan fingerprint density at radius 1 is 1.32 bits per heavy atom. The van der Waals surface area contributed by atoms with Gasteiger partial charge in [0.25, 0.3) is 0 Å². The van der Waals surface area contributed by atoms with Crippen LogP contribution in [0.5, 0.6) is 0 Å². The summed E-state index contributed by atoms with van der Waals surface area (Å²) in [5, 5.41) is 2.93. The predicted octanol–water partition coefficient (Wildman–Crippen LogP) is 3.47. The molecule has 6 heteroatoms. The van der Waals surface area contributed by atoms with E-state index in [0.717, 1.165) is 12.7 Å². The van der Waals surface area contributed by atoms with Gasteiger partial charge < -0.3 is 19.6 Å². The molecule has 1 rings (SSSR count). The Balaban J connectivity index is 2.71. The van der Waals surface area contributed by atoms with Crippen LogP contribution in [-0.4, -0.2) is 36.6 Å². The van der Waals surface area contributed by atoms with E-state index in [0.29, 0.717) is 25.4 Å². The lowest BCUT2D eigenvalue weighted by atomic mass is 9.91. The van der Waals surface area contributed by atoms with E-state index < -0.39 is 17.1 Å². The molecule has 3 atom stereocenters. The molecule has 1 aliphatic carbocycles. The lowest BCUT2D eigenvalue weighted by Crippen LogP contribution is -2.42. The van der Waals surface area contributed by atoms with Crippen molar-refractivity contribution in [2.75, 3.05) is 6.61 Å². The molecule has 0 aromatic carbocycles. The third kappa shape index (κ3) is 7.04. The fourth-order valence-corrected chi connectivity index (χ4v) is 3.23. The van der Waals surface area contributed by atoms with Crippen LogP contribution in [0.1, 0.15) is 67.2 Å². The molecule has 0 radical (unpaired) electrons. The van der Waals surface area contributed by atoms with Crippen molar-refractivity contribution in [2.24, 2.45) is 17.3 Å². The number of hydrogen-bond acceptors (Lipinski definition) is 5. The standard InChI is InChI=1S/C19H33NO5/c1-7-24-16(22)8-9-19(12-21)11-14(19)15(10-13(2)3)20-17(23)25-18(4,5)6/h12-15H,7-11H2,1-6H3,(H,20,23)/t14-,15+,19+/m1/s1. The van der Waals surface area contributed by atoms with Crippen LogP contribution in [-0.2, 0) is 19.1 Å². The van der Waals surface area contributed by atoms with Gasteiger partial charge in [0.15, 0.2) is 0 Å². The van der Waals surface area contributed by atoms with Crippen molar-refractivity contribution in [2.45, 2.75) is 78.9 Å². The minimum absolute atomic E-state index is 0.0364. The van der Waals surface area contributed by atoms with Gasteiger partial charge >= 0.3 is 12.1 Å². The molecule has 0 spiro atoms. The number of hydrogen-bond donors (Lipinski definition) is 1. The Kier molecular flexibility index (Phi) is 7.44. The van der Waals surface area contributed by atoms with E-state index in [2.05, 4.69) is 19.2 Å². The molecule has 6 nitrogen and oxygen atoms in total. The smallest absolute Gasteiger partial charge is 0.407 e. The Bertz CT molecular complexity index is 483. The normalized spacial score (nSPS) is 23.7. The van der Waals surface area contributed by atoms with Gasteiger partial charge in [-0.05, 0) is 58.8 Å². The second kappa shape index (κ2) is 8.68. The molecule has 1 aliphatic rings. The Hall–Kier alpha value is -1.59. The minimum atomic E-state index is -0.568. The Morgan fingerprint density at radius 3 is 2.44 bits per heavy atom. The van der Waals surface area contributed by atoms with Gasteiger partial charge in [0.05, 0.1) is 6.61 Å². The van der Waals surface area contributed by atoms with E-state index in [-0.39, 0.29) is 24.3 Å². The van der Waals surface area contributed by atoms with Gasteiger partial charge in [0.1, 0.15) is 11.9 Å². The van der Waals surface area contributed by atoms with Crippen LogP contribution in [0.15, 0.2) is 0 Å². The van der Waals surface area contributed by atoms with Crippen LogP contribution in [0, 0.1) is 17.3 Å². The molecule has 0 aromatic rings. The number of aldehydes is 1. The lowest BCUT2D eigenvalue weighted by molar-refractivity contribution is -0.143. The summed E-state index contributed by atoms with van der Waals surface area (Å²) in [6.07, 6.45) is 2.62. The first-order valence-corrected chi connectivity index (χ1v) is 9.14. The van der Waals surface area contributed by atoms with Crippen molar-refractivity contribution in [1.82, 2.24) is 5.32 Å². The molecule has 0 aromatic heterocycles. The fraction of sp³-hybridized carbons (Fsp3) is 0.842. The second-order valence-electron chi connectivity index (χ2n) is 8.35. The van der Waals surface area contributed by atoms with Crippen molar-refractivity contribution in [3.63, 3.8) is 0 Å². The van der Waals surface area contributed by atoms with Crippen molar-refractivity contribution in [3.05, 3.63) is 0 Å². The summed E-state index contributed by atoms with van der Waals surface area (Å²) < 4.78 is 10.3. The van der Waals surface area contributed by atoms with E-state index in [1.807, 2.05) is 20.8 Å². The first kappa shape index (κ1) is 21.5. The summed E-state index contributed by atoms with van der Waals surface area (Å²) in [6.45, 7) is 11.7. The van der Waals surface area contributed by atoms with Crippen molar-refractivity contribution >= 4 is 18.3 Å². The molecule has 0 saturated heterocycles. The average molecular weight is 355 g/mol. The number of carbonyl (C=O) groups is 3. The number of esters is 1. The van der Waals surface area contributed by atoms with Gasteiger partial charge in [-0.25, -0.2) is 4.79 Å². The van der Waals surface area contributed by atoms with E-state index in [4.69, 9.17) is 9.47 Å². The van der Waals surface area contributed by atoms with Gasteiger partial charge in [0, 0.05) is 17.9 Å². The molecule has 144 valence electrons. The summed E-state index contributed by atoms with van der Waals surface area (Å²) in [7, 11) is 0. The van der Waals surface area contributed by atoms with Crippen molar-refractivity contribution in [1.29, 1.82) is 0 Å². The first-order chi connectivity index (χ1) is 11.5. The summed E-state index contributed by atoms with van der Waals surface area (Å²) in [5.74, 6) is 0.124. The highest BCUT2D eigenvalue weighted by atomic mass is 16.6. The monoisotopic (exact) mass is 355 g/mol. The number of alkyl carbamates (subject to hydrolysis) is 1. The number of rotatable bonds is 9. The molecular formula is C19H33NO5. The summed E-state index contributed by atoms with van der Waals surface area (Å²) >= 11 is 0. The van der Waals surface area contributed by atoms with Gasteiger partial charge in [-0.15, -0.1) is 0 Å². The average Bonchev–Trinajstić information content (AvgIpc) is 3.17. The molecule has 0 heterocycles. The third-order valence-electron chi connectivity index (χ3n) is 4.43. The van der Waals surface area contributed by atoms with Gasteiger partial charge in [0.2, 0.25) is 0 Å². The fourth-order valence-electron chi connectivity index (χ4n) is 3.23. The quantitative estimate of drug-likeness (QED) is 0.506. The highest BCUT2D eigenvalue weighted by molar-refractivity contribution is 5.72. The summed E-state index contributed by atoms with van der Waals surface area (Å²) in [6, 6.07) is -0.137. The van der Waals surface area contributed by atoms with E-state index in [1.165, 1.54) is 0 Å².